The number of likely N-dealkylation sites (tertiary alicyclic amines) is 1. The normalized spacial score (nSPS) is 16.9. The van der Waals surface area contributed by atoms with Gasteiger partial charge in [0.1, 0.15) is 5.75 Å². The summed E-state index contributed by atoms with van der Waals surface area (Å²) >= 11 is 0. The average Bonchev–Trinajstić information content (AvgIpc) is 3.16. The van der Waals surface area contributed by atoms with Crippen molar-refractivity contribution < 1.29 is 4.74 Å². The van der Waals surface area contributed by atoms with Crippen molar-refractivity contribution >= 4 is 29.9 Å². The van der Waals surface area contributed by atoms with E-state index in [4.69, 9.17) is 4.74 Å². The van der Waals surface area contributed by atoms with Gasteiger partial charge in [-0.3, -0.25) is 9.98 Å². The molecule has 1 N–H and O–H groups in total. The Morgan fingerprint density at radius 3 is 2.77 bits per heavy atom. The molecule has 140 valence electrons. The third-order valence-corrected chi connectivity index (χ3v) is 4.71. The first-order valence-electron chi connectivity index (χ1n) is 8.78. The zero-order chi connectivity index (χ0) is 17.5. The number of hydrogen-bond acceptors (Lipinski definition) is 3. The molecule has 0 spiro atoms. The fraction of sp³-hybridized carbons (Fsp3) is 0.400. The van der Waals surface area contributed by atoms with Crippen molar-refractivity contribution in [1.29, 1.82) is 0 Å². The summed E-state index contributed by atoms with van der Waals surface area (Å²) < 4.78 is 5.25. The summed E-state index contributed by atoms with van der Waals surface area (Å²) in [6.07, 6.45) is 5.82. The van der Waals surface area contributed by atoms with Crippen LogP contribution >= 0.6 is 24.0 Å². The minimum Gasteiger partial charge on any atom is -0.497 e. The highest BCUT2D eigenvalue weighted by molar-refractivity contribution is 14.0. The number of benzene rings is 1. The van der Waals surface area contributed by atoms with Crippen LogP contribution in [0.3, 0.4) is 0 Å². The predicted octanol–water partition coefficient (Wildman–Crippen LogP) is 3.32. The van der Waals surface area contributed by atoms with Crippen LogP contribution in [-0.4, -0.2) is 49.6 Å². The molecule has 0 amide bonds. The van der Waals surface area contributed by atoms with Gasteiger partial charge in [-0.05, 0) is 42.2 Å². The number of rotatable bonds is 5. The van der Waals surface area contributed by atoms with Crippen LogP contribution in [0.2, 0.25) is 0 Å². The predicted molar refractivity (Wildman–Crippen MR) is 117 cm³/mol. The van der Waals surface area contributed by atoms with Gasteiger partial charge in [0.25, 0.3) is 0 Å². The van der Waals surface area contributed by atoms with E-state index in [1.165, 1.54) is 11.1 Å². The van der Waals surface area contributed by atoms with Gasteiger partial charge in [-0.2, -0.15) is 0 Å². The van der Waals surface area contributed by atoms with Gasteiger partial charge >= 0.3 is 0 Å². The van der Waals surface area contributed by atoms with Crippen LogP contribution in [0, 0.1) is 0 Å². The zero-order valence-electron chi connectivity index (χ0n) is 15.4. The summed E-state index contributed by atoms with van der Waals surface area (Å²) in [6, 6.07) is 12.5. The molecular formula is C20H27IN4O. The summed E-state index contributed by atoms with van der Waals surface area (Å²) in [7, 11) is 3.56. The second-order valence-corrected chi connectivity index (χ2v) is 6.29. The number of guanidine groups is 1. The van der Waals surface area contributed by atoms with Gasteiger partial charge in [-0.15, -0.1) is 24.0 Å². The van der Waals surface area contributed by atoms with Crippen molar-refractivity contribution in [2.75, 3.05) is 33.8 Å². The highest BCUT2D eigenvalue weighted by atomic mass is 127. The molecule has 0 radical (unpaired) electrons. The minimum atomic E-state index is 0. The van der Waals surface area contributed by atoms with Crippen molar-refractivity contribution in [3.05, 3.63) is 59.9 Å². The first-order valence-corrected chi connectivity index (χ1v) is 8.78. The van der Waals surface area contributed by atoms with Gasteiger partial charge in [0.05, 0.1) is 7.11 Å². The molecule has 2 aromatic rings. The van der Waals surface area contributed by atoms with E-state index in [-0.39, 0.29) is 24.0 Å². The maximum absolute atomic E-state index is 5.25. The van der Waals surface area contributed by atoms with Crippen LogP contribution in [0.5, 0.6) is 5.75 Å². The van der Waals surface area contributed by atoms with E-state index in [0.717, 1.165) is 44.2 Å². The second kappa shape index (κ2) is 10.4. The molecule has 1 fully saturated rings. The van der Waals surface area contributed by atoms with Gasteiger partial charge in [0, 0.05) is 45.0 Å². The van der Waals surface area contributed by atoms with Gasteiger partial charge in [0.15, 0.2) is 5.96 Å². The van der Waals surface area contributed by atoms with Gasteiger partial charge in [-0.25, -0.2) is 0 Å². The Bertz CT molecular complexity index is 691. The lowest BCUT2D eigenvalue weighted by Crippen LogP contribution is -2.40. The largest absolute Gasteiger partial charge is 0.497 e. The Labute approximate surface area is 172 Å². The van der Waals surface area contributed by atoms with Crippen LogP contribution in [0.4, 0.5) is 0 Å². The van der Waals surface area contributed by atoms with Gasteiger partial charge in [0.2, 0.25) is 0 Å². The van der Waals surface area contributed by atoms with E-state index >= 15 is 0 Å². The topological polar surface area (TPSA) is 49.8 Å². The molecule has 1 atom stereocenters. The zero-order valence-corrected chi connectivity index (χ0v) is 17.7. The molecule has 5 nitrogen and oxygen atoms in total. The molecule has 0 saturated carbocycles. The number of pyridine rings is 1. The molecule has 2 heterocycles. The number of hydrogen-bond donors (Lipinski definition) is 1. The van der Waals surface area contributed by atoms with E-state index < -0.39 is 0 Å². The molecule has 6 heteroatoms. The smallest absolute Gasteiger partial charge is 0.193 e. The van der Waals surface area contributed by atoms with Crippen molar-refractivity contribution in [2.24, 2.45) is 4.99 Å². The lowest BCUT2D eigenvalue weighted by atomic mass is 9.98. The van der Waals surface area contributed by atoms with Crippen LogP contribution in [0.25, 0.3) is 0 Å². The fourth-order valence-electron chi connectivity index (χ4n) is 3.30. The molecule has 0 bridgehead atoms. The number of aliphatic imine (C=N–C) groups is 1. The van der Waals surface area contributed by atoms with Crippen LogP contribution in [0.1, 0.15) is 23.5 Å². The highest BCUT2D eigenvalue weighted by Crippen LogP contribution is 2.28. The highest BCUT2D eigenvalue weighted by Gasteiger charge is 2.25. The third kappa shape index (κ3) is 5.33. The third-order valence-electron chi connectivity index (χ3n) is 4.71. The lowest BCUT2D eigenvalue weighted by Gasteiger charge is -2.22. The number of nitrogens with zero attached hydrogens (tertiary/aromatic N) is 3. The van der Waals surface area contributed by atoms with Crippen LogP contribution in [-0.2, 0) is 6.42 Å². The molecule has 1 aliphatic heterocycles. The van der Waals surface area contributed by atoms with E-state index in [9.17, 15) is 0 Å². The monoisotopic (exact) mass is 466 g/mol. The molecule has 26 heavy (non-hydrogen) atoms. The number of aromatic nitrogens is 1. The summed E-state index contributed by atoms with van der Waals surface area (Å²) in [5.41, 5.74) is 2.61. The second-order valence-electron chi connectivity index (χ2n) is 6.29. The molecule has 3 rings (SSSR count). The summed E-state index contributed by atoms with van der Waals surface area (Å²) in [5, 5.41) is 3.48. The van der Waals surface area contributed by atoms with E-state index in [2.05, 4.69) is 38.4 Å². The maximum Gasteiger partial charge on any atom is 0.193 e. The summed E-state index contributed by atoms with van der Waals surface area (Å²) in [4.78, 5) is 11.0. The molecule has 1 aromatic carbocycles. The standard InChI is InChI=1S/C20H26N4O.HI/c1-21-20(23-12-9-16-4-3-11-22-14-16)24-13-10-18(15-24)17-5-7-19(25-2)8-6-17;/h3-8,11,14,18H,9-10,12-13,15H2,1-2H3,(H,21,23);1H. The molecule has 1 unspecified atom stereocenters. The van der Waals surface area contributed by atoms with Crippen molar-refractivity contribution in [2.45, 2.75) is 18.8 Å². The number of halogens is 1. The first kappa shape index (κ1) is 20.5. The molecule has 0 aliphatic carbocycles. The van der Waals surface area contributed by atoms with Gasteiger partial charge < -0.3 is 15.0 Å². The Hall–Kier alpha value is -1.83. The van der Waals surface area contributed by atoms with Crippen LogP contribution < -0.4 is 10.1 Å². The molecule has 1 aromatic heterocycles. The Morgan fingerprint density at radius 2 is 2.12 bits per heavy atom. The quantitative estimate of drug-likeness (QED) is 0.418. The fourth-order valence-corrected chi connectivity index (χ4v) is 3.30. The van der Waals surface area contributed by atoms with Crippen molar-refractivity contribution in [1.82, 2.24) is 15.2 Å². The van der Waals surface area contributed by atoms with Crippen molar-refractivity contribution in [3.63, 3.8) is 0 Å². The van der Waals surface area contributed by atoms with Crippen LogP contribution in [0.15, 0.2) is 53.8 Å². The van der Waals surface area contributed by atoms with E-state index in [0.29, 0.717) is 5.92 Å². The summed E-state index contributed by atoms with van der Waals surface area (Å²) in [5.74, 6) is 2.44. The van der Waals surface area contributed by atoms with E-state index in [1.807, 2.05) is 31.4 Å². The Kier molecular flexibility index (Phi) is 8.15. The summed E-state index contributed by atoms with van der Waals surface area (Å²) in [6.45, 7) is 2.89. The first-order chi connectivity index (χ1) is 12.3. The SMILES string of the molecule is CN=C(NCCc1cccnc1)N1CCC(c2ccc(OC)cc2)C1.I. The Balaban J connectivity index is 0.00000243. The van der Waals surface area contributed by atoms with E-state index in [1.54, 1.807) is 13.3 Å². The number of ether oxygens (including phenoxy) is 1. The number of nitrogens with one attached hydrogen (secondary N) is 1. The Morgan fingerprint density at radius 1 is 1.31 bits per heavy atom. The average molecular weight is 466 g/mol. The van der Waals surface area contributed by atoms with Crippen molar-refractivity contribution in [3.8, 4) is 5.75 Å². The minimum absolute atomic E-state index is 0. The maximum atomic E-state index is 5.25. The lowest BCUT2D eigenvalue weighted by molar-refractivity contribution is 0.414. The molecule has 1 aliphatic rings. The van der Waals surface area contributed by atoms with Gasteiger partial charge in [-0.1, -0.05) is 18.2 Å². The number of methoxy groups -OCH3 is 1. The molecule has 1 saturated heterocycles. The molecular weight excluding hydrogens is 439 g/mol.